The van der Waals surface area contributed by atoms with E-state index in [1.54, 1.807) is 11.8 Å². The number of imidazole rings is 1. The van der Waals surface area contributed by atoms with E-state index in [-0.39, 0.29) is 5.91 Å². The topological polar surface area (TPSA) is 40.9 Å². The molecule has 0 aliphatic carbocycles. The van der Waals surface area contributed by atoms with Gasteiger partial charge in [-0.1, -0.05) is 30.3 Å². The van der Waals surface area contributed by atoms with Gasteiger partial charge in [-0.15, -0.1) is 11.8 Å². The highest BCUT2D eigenvalue weighted by atomic mass is 32.2. The molecule has 0 saturated carbocycles. The van der Waals surface area contributed by atoms with Crippen LogP contribution in [0.25, 0.3) is 5.65 Å². The van der Waals surface area contributed by atoms with Crippen LogP contribution in [0.1, 0.15) is 21.6 Å². The highest BCUT2D eigenvalue weighted by Gasteiger charge is 2.24. The molecular formula is C26H26N4OS. The molecule has 0 bridgehead atoms. The molecule has 32 heavy (non-hydrogen) atoms. The summed E-state index contributed by atoms with van der Waals surface area (Å²) in [5.41, 5.74) is 5.23. The normalized spacial score (nSPS) is 14.2. The Bertz CT molecular complexity index is 1210. The quantitative estimate of drug-likeness (QED) is 0.412. The van der Waals surface area contributed by atoms with Crippen molar-refractivity contribution in [3.8, 4) is 0 Å². The zero-order valence-corrected chi connectivity index (χ0v) is 19.0. The Morgan fingerprint density at radius 1 is 0.969 bits per heavy atom. The van der Waals surface area contributed by atoms with Crippen LogP contribution in [0, 0.1) is 6.92 Å². The van der Waals surface area contributed by atoms with Gasteiger partial charge in [0.25, 0.3) is 5.91 Å². The number of thioether (sulfide) groups is 1. The molecule has 1 aliphatic heterocycles. The lowest BCUT2D eigenvalue weighted by molar-refractivity contribution is 0.0743. The molecule has 5 nitrogen and oxygen atoms in total. The van der Waals surface area contributed by atoms with Gasteiger partial charge in [0.2, 0.25) is 0 Å². The largest absolute Gasteiger partial charge is 0.368 e. The number of piperazine rings is 1. The van der Waals surface area contributed by atoms with E-state index < -0.39 is 0 Å². The first-order valence-corrected chi connectivity index (χ1v) is 11.9. The highest BCUT2D eigenvalue weighted by molar-refractivity contribution is 7.98. The van der Waals surface area contributed by atoms with Gasteiger partial charge in [0, 0.05) is 54.9 Å². The van der Waals surface area contributed by atoms with Gasteiger partial charge in [-0.05, 0) is 48.9 Å². The third-order valence-electron chi connectivity index (χ3n) is 5.84. The molecule has 1 amide bonds. The van der Waals surface area contributed by atoms with Gasteiger partial charge >= 0.3 is 0 Å². The summed E-state index contributed by atoms with van der Waals surface area (Å²) in [5, 5.41) is 0. The summed E-state index contributed by atoms with van der Waals surface area (Å²) < 4.78 is 2.03. The van der Waals surface area contributed by atoms with Crippen molar-refractivity contribution in [3.63, 3.8) is 0 Å². The maximum atomic E-state index is 13.3. The number of nitrogens with zero attached hydrogens (tertiary/aromatic N) is 4. The monoisotopic (exact) mass is 442 g/mol. The molecule has 6 heteroatoms. The molecule has 1 saturated heterocycles. The van der Waals surface area contributed by atoms with E-state index in [9.17, 15) is 4.79 Å². The first kappa shape index (κ1) is 20.6. The Balaban J connectivity index is 1.25. The van der Waals surface area contributed by atoms with Gasteiger partial charge in [-0.3, -0.25) is 4.79 Å². The second kappa shape index (κ2) is 9.09. The van der Waals surface area contributed by atoms with Gasteiger partial charge in [-0.25, -0.2) is 4.98 Å². The predicted molar refractivity (Wildman–Crippen MR) is 130 cm³/mol. The summed E-state index contributed by atoms with van der Waals surface area (Å²) >= 11 is 1.67. The molecule has 0 radical (unpaired) electrons. The molecule has 1 aliphatic rings. The number of hydrogen-bond donors (Lipinski definition) is 0. The van der Waals surface area contributed by atoms with Gasteiger partial charge in [0.05, 0.1) is 11.3 Å². The lowest BCUT2D eigenvalue weighted by Gasteiger charge is -2.36. The fraction of sp³-hybridized carbons (Fsp3) is 0.231. The van der Waals surface area contributed by atoms with Crippen molar-refractivity contribution in [2.24, 2.45) is 0 Å². The number of benzene rings is 2. The second-order valence-corrected chi connectivity index (χ2v) is 9.12. The number of rotatable bonds is 5. The van der Waals surface area contributed by atoms with E-state index in [4.69, 9.17) is 0 Å². The van der Waals surface area contributed by atoms with Gasteiger partial charge in [-0.2, -0.15) is 0 Å². The molecular weight excluding hydrogens is 416 g/mol. The highest BCUT2D eigenvalue weighted by Crippen LogP contribution is 2.28. The molecule has 0 N–H and O–H groups in total. The Morgan fingerprint density at radius 2 is 1.78 bits per heavy atom. The third kappa shape index (κ3) is 4.36. The Kier molecular flexibility index (Phi) is 5.86. The van der Waals surface area contributed by atoms with E-state index in [1.807, 2.05) is 58.0 Å². The standard InChI is InChI=1S/C26H26N4OS/c1-20-7-6-8-22(17-20)28-13-15-29(16-14-28)26(31)23-9-2-3-10-24(23)32-19-21-18-30-12-5-4-11-25(30)27-21/h2-12,17-18H,13-16,19H2,1H3. The van der Waals surface area contributed by atoms with Crippen molar-refractivity contribution in [2.45, 2.75) is 17.6 Å². The van der Waals surface area contributed by atoms with Crippen LogP contribution in [-0.4, -0.2) is 46.4 Å². The van der Waals surface area contributed by atoms with Crippen LogP contribution in [0.2, 0.25) is 0 Å². The number of hydrogen-bond acceptors (Lipinski definition) is 4. The van der Waals surface area contributed by atoms with Crippen molar-refractivity contribution < 1.29 is 4.79 Å². The minimum Gasteiger partial charge on any atom is -0.368 e. The predicted octanol–water partition coefficient (Wildman–Crippen LogP) is 4.90. The maximum absolute atomic E-state index is 13.3. The molecule has 162 valence electrons. The van der Waals surface area contributed by atoms with Crippen molar-refractivity contribution in [3.05, 3.63) is 95.9 Å². The maximum Gasteiger partial charge on any atom is 0.255 e. The molecule has 2 aromatic heterocycles. The molecule has 2 aromatic carbocycles. The van der Waals surface area contributed by atoms with E-state index in [0.29, 0.717) is 0 Å². The fourth-order valence-corrected chi connectivity index (χ4v) is 5.07. The van der Waals surface area contributed by atoms with E-state index in [0.717, 1.165) is 53.7 Å². The van der Waals surface area contributed by atoms with Gasteiger partial charge in [0.15, 0.2) is 0 Å². The number of carbonyl (C=O) groups excluding carboxylic acids is 1. The molecule has 0 unspecified atom stereocenters. The van der Waals surface area contributed by atoms with Crippen LogP contribution in [-0.2, 0) is 5.75 Å². The van der Waals surface area contributed by atoms with Crippen LogP contribution >= 0.6 is 11.8 Å². The number of carbonyl (C=O) groups is 1. The minimum atomic E-state index is 0.118. The summed E-state index contributed by atoms with van der Waals surface area (Å²) in [6.45, 7) is 5.29. The molecule has 0 atom stereocenters. The zero-order valence-electron chi connectivity index (χ0n) is 18.1. The first-order chi connectivity index (χ1) is 15.7. The lowest BCUT2D eigenvalue weighted by atomic mass is 10.1. The third-order valence-corrected chi connectivity index (χ3v) is 6.95. The fourth-order valence-electron chi connectivity index (χ4n) is 4.14. The average Bonchev–Trinajstić information content (AvgIpc) is 3.26. The van der Waals surface area contributed by atoms with E-state index in [2.05, 4.69) is 47.3 Å². The van der Waals surface area contributed by atoms with Crippen LogP contribution in [0.5, 0.6) is 0 Å². The van der Waals surface area contributed by atoms with Gasteiger partial charge < -0.3 is 14.2 Å². The van der Waals surface area contributed by atoms with Crippen LogP contribution in [0.15, 0.2) is 84.0 Å². The van der Waals surface area contributed by atoms with Crippen LogP contribution in [0.4, 0.5) is 5.69 Å². The summed E-state index contributed by atoms with van der Waals surface area (Å²) in [7, 11) is 0. The molecule has 3 heterocycles. The Hall–Kier alpha value is -3.25. The molecule has 0 spiro atoms. The summed E-state index contributed by atoms with van der Waals surface area (Å²) in [6.07, 6.45) is 4.06. The molecule has 5 rings (SSSR count). The number of aryl methyl sites for hydroxylation is 1. The molecule has 1 fully saturated rings. The van der Waals surface area contributed by atoms with Crippen molar-refractivity contribution in [1.82, 2.24) is 14.3 Å². The van der Waals surface area contributed by atoms with E-state index in [1.165, 1.54) is 11.3 Å². The van der Waals surface area contributed by atoms with Gasteiger partial charge in [0.1, 0.15) is 5.65 Å². The summed E-state index contributed by atoms with van der Waals surface area (Å²) in [4.78, 5) is 23.4. The number of anilines is 1. The average molecular weight is 443 g/mol. The first-order valence-electron chi connectivity index (χ1n) is 10.9. The van der Waals surface area contributed by atoms with Crippen LogP contribution < -0.4 is 4.90 Å². The van der Waals surface area contributed by atoms with Crippen molar-refractivity contribution in [1.29, 1.82) is 0 Å². The minimum absolute atomic E-state index is 0.118. The van der Waals surface area contributed by atoms with Crippen molar-refractivity contribution in [2.75, 3.05) is 31.1 Å². The number of pyridine rings is 1. The SMILES string of the molecule is Cc1cccc(N2CCN(C(=O)c3ccccc3SCc3cn4ccccc4n3)CC2)c1. The number of fused-ring (bicyclic) bond motifs is 1. The van der Waals surface area contributed by atoms with E-state index >= 15 is 0 Å². The summed E-state index contributed by atoms with van der Waals surface area (Å²) in [5.74, 6) is 0.847. The zero-order chi connectivity index (χ0) is 21.9. The molecule has 4 aromatic rings. The second-order valence-electron chi connectivity index (χ2n) is 8.10. The number of aromatic nitrogens is 2. The lowest BCUT2D eigenvalue weighted by Crippen LogP contribution is -2.48. The Morgan fingerprint density at radius 3 is 2.59 bits per heavy atom. The Labute approximate surface area is 192 Å². The number of amides is 1. The van der Waals surface area contributed by atoms with Crippen LogP contribution in [0.3, 0.4) is 0 Å². The van der Waals surface area contributed by atoms with Crippen molar-refractivity contribution >= 4 is 29.0 Å². The summed E-state index contributed by atoms with van der Waals surface area (Å²) in [6, 6.07) is 22.5. The smallest absolute Gasteiger partial charge is 0.255 e.